The fourth-order valence-corrected chi connectivity index (χ4v) is 13.8. The van der Waals surface area contributed by atoms with Crippen molar-refractivity contribution in [2.24, 2.45) is 5.92 Å². The highest BCUT2D eigenvalue weighted by molar-refractivity contribution is 7.47. The minimum absolute atomic E-state index is 0.0852. The molecule has 0 aromatic heterocycles. The minimum atomic E-state index is -4.97. The summed E-state index contributed by atoms with van der Waals surface area (Å²) in [5.74, 6) is -1.34. The molecule has 0 aromatic carbocycles. The van der Waals surface area contributed by atoms with E-state index in [1.54, 1.807) is 0 Å². The van der Waals surface area contributed by atoms with Gasteiger partial charge in [0.05, 0.1) is 26.4 Å². The zero-order valence-electron chi connectivity index (χ0n) is 65.5. The van der Waals surface area contributed by atoms with E-state index in [9.17, 15) is 43.2 Å². The lowest BCUT2D eigenvalue weighted by molar-refractivity contribution is -0.161. The average molecular weight is 1480 g/mol. The molecule has 5 atom stereocenters. The van der Waals surface area contributed by atoms with E-state index in [1.165, 1.54) is 218 Å². The number of hydrogen-bond donors (Lipinski definition) is 3. The van der Waals surface area contributed by atoms with E-state index in [-0.39, 0.29) is 25.7 Å². The van der Waals surface area contributed by atoms with Gasteiger partial charge in [0.2, 0.25) is 0 Å². The summed E-state index contributed by atoms with van der Waals surface area (Å²) < 4.78 is 68.6. The summed E-state index contributed by atoms with van der Waals surface area (Å²) in [6.07, 6.45) is 69.0. The standard InChI is InChI=1S/C82H156O17P2/c1-6-9-12-15-18-21-23-25-27-28-29-30-31-32-34-40-44-48-53-58-63-68-82(87)99-78(72-93-80(85)66-61-56-51-46-42-38-36-35-37-41-45-49-54-59-64-75(4)5)74-97-101(90,91)95-70-76(83)69-94-100(88,89)96-73-77(71-92-79(84)65-60-55-50-20-17-14-11-8-3)98-81(86)67-62-57-52-47-43-39-33-26-24-22-19-16-13-10-7-2/h22,24,26,33,75-78,83H,6-21,23,25,27-32,34-74H2,1-5H3,(H,88,89)(H,90,91)/b24-22-,33-26-/t76-,77+,78+/m0/s1. The molecule has 0 bridgehead atoms. The Balaban J connectivity index is 5.22. The first-order chi connectivity index (χ1) is 49.0. The average Bonchev–Trinajstić information content (AvgIpc) is 1.06. The number of aliphatic hydroxyl groups excluding tert-OH is 1. The van der Waals surface area contributed by atoms with Gasteiger partial charge in [0.1, 0.15) is 19.3 Å². The molecular weight excluding hydrogens is 1320 g/mol. The quantitative estimate of drug-likeness (QED) is 0.0169. The van der Waals surface area contributed by atoms with Crippen LogP contribution in [0, 0.1) is 5.92 Å². The van der Waals surface area contributed by atoms with Gasteiger partial charge in [-0.15, -0.1) is 0 Å². The van der Waals surface area contributed by atoms with Gasteiger partial charge in [-0.3, -0.25) is 37.3 Å². The molecular formula is C82H156O17P2. The summed E-state index contributed by atoms with van der Waals surface area (Å²) in [5.41, 5.74) is 0. The van der Waals surface area contributed by atoms with E-state index in [2.05, 4.69) is 58.9 Å². The lowest BCUT2D eigenvalue weighted by Gasteiger charge is -2.21. The third-order valence-corrected chi connectivity index (χ3v) is 20.6. The molecule has 19 heteroatoms. The SMILES string of the molecule is CCCCCC/C=C\C=C/CCCCCCCC(=O)O[C@H](COC(=O)CCCCCCCCCC)COP(=O)(O)OC[C@H](O)COP(=O)(O)OC[C@@H](COC(=O)CCCCCCCCCCCCCCCCC(C)C)OC(=O)CCCCCCCCCCCCCCCCCCCCCCC. The molecule has 0 aromatic rings. The third kappa shape index (κ3) is 75.6. The molecule has 0 heterocycles. The largest absolute Gasteiger partial charge is 0.472 e. The molecule has 17 nitrogen and oxygen atoms in total. The molecule has 3 N–H and O–H groups in total. The fraction of sp³-hybridized carbons (Fsp3) is 0.902. The molecule has 0 amide bonds. The second-order valence-electron chi connectivity index (χ2n) is 29.3. The van der Waals surface area contributed by atoms with Gasteiger partial charge in [0.25, 0.3) is 0 Å². The zero-order valence-corrected chi connectivity index (χ0v) is 67.3. The van der Waals surface area contributed by atoms with Crippen molar-refractivity contribution in [3.8, 4) is 0 Å². The summed E-state index contributed by atoms with van der Waals surface area (Å²) in [7, 11) is -9.93. The normalized spacial score (nSPS) is 14.0. The van der Waals surface area contributed by atoms with Crippen LogP contribution in [0.5, 0.6) is 0 Å². The predicted octanol–water partition coefficient (Wildman–Crippen LogP) is 24.4. The molecule has 0 aliphatic rings. The summed E-state index contributed by atoms with van der Waals surface area (Å²) in [6.45, 7) is 7.26. The van der Waals surface area contributed by atoms with Gasteiger partial charge >= 0.3 is 39.5 Å². The molecule has 0 spiro atoms. The van der Waals surface area contributed by atoms with Gasteiger partial charge < -0.3 is 33.8 Å². The molecule has 0 fully saturated rings. The number of esters is 4. The van der Waals surface area contributed by atoms with E-state index >= 15 is 0 Å². The second-order valence-corrected chi connectivity index (χ2v) is 32.2. The number of ether oxygens (including phenoxy) is 4. The van der Waals surface area contributed by atoms with Crippen LogP contribution >= 0.6 is 15.6 Å². The predicted molar refractivity (Wildman–Crippen MR) is 414 cm³/mol. The van der Waals surface area contributed by atoms with Gasteiger partial charge in [0, 0.05) is 25.7 Å². The number of unbranched alkanes of at least 4 members (excludes halogenated alkanes) is 49. The Labute approximate surface area is 618 Å². The van der Waals surface area contributed by atoms with Gasteiger partial charge in [-0.05, 0) is 57.3 Å². The molecule has 101 heavy (non-hydrogen) atoms. The van der Waals surface area contributed by atoms with Crippen LogP contribution in [0.15, 0.2) is 24.3 Å². The molecule has 0 rings (SSSR count). The summed E-state index contributed by atoms with van der Waals surface area (Å²) in [6, 6.07) is 0. The second kappa shape index (κ2) is 74.4. The highest BCUT2D eigenvalue weighted by atomic mass is 31.2. The van der Waals surface area contributed by atoms with Crippen molar-refractivity contribution in [2.75, 3.05) is 39.6 Å². The van der Waals surface area contributed by atoms with E-state index in [0.29, 0.717) is 25.7 Å². The van der Waals surface area contributed by atoms with Gasteiger partial charge in [-0.1, -0.05) is 361 Å². The first-order valence-electron chi connectivity index (χ1n) is 42.0. The number of carbonyl (C=O) groups excluding carboxylic acids is 4. The summed E-state index contributed by atoms with van der Waals surface area (Å²) >= 11 is 0. The molecule has 0 aliphatic carbocycles. The van der Waals surface area contributed by atoms with Crippen LogP contribution in [0.4, 0.5) is 0 Å². The van der Waals surface area contributed by atoms with Crippen LogP contribution in [0.2, 0.25) is 0 Å². The number of hydrogen-bond acceptors (Lipinski definition) is 15. The Morgan fingerprint density at radius 1 is 0.307 bits per heavy atom. The minimum Gasteiger partial charge on any atom is -0.462 e. The van der Waals surface area contributed by atoms with Crippen molar-refractivity contribution < 1.29 is 80.2 Å². The molecule has 0 saturated carbocycles. The Morgan fingerprint density at radius 3 is 0.812 bits per heavy atom. The maximum absolute atomic E-state index is 13.1. The summed E-state index contributed by atoms with van der Waals surface area (Å²) in [5, 5.41) is 10.6. The summed E-state index contributed by atoms with van der Waals surface area (Å²) in [4.78, 5) is 72.9. The van der Waals surface area contributed by atoms with Crippen molar-refractivity contribution in [3.05, 3.63) is 24.3 Å². The van der Waals surface area contributed by atoms with Gasteiger partial charge in [-0.2, -0.15) is 0 Å². The van der Waals surface area contributed by atoms with Crippen molar-refractivity contribution in [1.82, 2.24) is 0 Å². The van der Waals surface area contributed by atoms with Crippen LogP contribution < -0.4 is 0 Å². The Morgan fingerprint density at radius 2 is 0.535 bits per heavy atom. The highest BCUT2D eigenvalue weighted by Gasteiger charge is 2.30. The number of rotatable bonds is 80. The highest BCUT2D eigenvalue weighted by Crippen LogP contribution is 2.45. The van der Waals surface area contributed by atoms with E-state index in [4.69, 9.17) is 37.0 Å². The number of aliphatic hydroxyl groups is 1. The van der Waals surface area contributed by atoms with Crippen molar-refractivity contribution in [3.63, 3.8) is 0 Å². The van der Waals surface area contributed by atoms with Crippen LogP contribution in [0.1, 0.15) is 413 Å². The Kier molecular flexibility index (Phi) is 72.6. The molecule has 0 aliphatic heterocycles. The number of phosphoric ester groups is 2. The van der Waals surface area contributed by atoms with Crippen LogP contribution in [0.25, 0.3) is 0 Å². The zero-order chi connectivity index (χ0) is 74.1. The van der Waals surface area contributed by atoms with Crippen molar-refractivity contribution in [1.29, 1.82) is 0 Å². The van der Waals surface area contributed by atoms with Crippen molar-refractivity contribution >= 4 is 39.5 Å². The number of allylic oxidation sites excluding steroid dienone is 4. The Bertz CT molecular complexity index is 2020. The Hall–Kier alpha value is -2.46. The van der Waals surface area contributed by atoms with E-state index < -0.39 is 97.5 Å². The molecule has 0 saturated heterocycles. The molecule has 0 radical (unpaired) electrons. The van der Waals surface area contributed by atoms with E-state index in [1.807, 2.05) is 0 Å². The molecule has 596 valence electrons. The van der Waals surface area contributed by atoms with Gasteiger partial charge in [-0.25, -0.2) is 9.13 Å². The van der Waals surface area contributed by atoms with Gasteiger partial charge in [0.15, 0.2) is 12.2 Å². The van der Waals surface area contributed by atoms with Crippen LogP contribution in [0.3, 0.4) is 0 Å². The monoisotopic (exact) mass is 1480 g/mol. The van der Waals surface area contributed by atoms with Crippen LogP contribution in [-0.4, -0.2) is 96.7 Å². The topological polar surface area (TPSA) is 237 Å². The fourth-order valence-electron chi connectivity index (χ4n) is 12.2. The van der Waals surface area contributed by atoms with E-state index in [0.717, 1.165) is 115 Å². The molecule has 2 unspecified atom stereocenters. The maximum atomic E-state index is 13.1. The first kappa shape index (κ1) is 98.5. The van der Waals surface area contributed by atoms with Crippen molar-refractivity contribution in [2.45, 2.75) is 432 Å². The first-order valence-corrected chi connectivity index (χ1v) is 44.9. The maximum Gasteiger partial charge on any atom is 0.472 e. The third-order valence-electron chi connectivity index (χ3n) is 18.7. The number of carbonyl (C=O) groups is 4. The van der Waals surface area contributed by atoms with Crippen LogP contribution in [-0.2, 0) is 65.4 Å². The lowest BCUT2D eigenvalue weighted by atomic mass is 10.0. The lowest BCUT2D eigenvalue weighted by Crippen LogP contribution is -2.30. The smallest absolute Gasteiger partial charge is 0.462 e. The number of phosphoric acid groups is 2.